The van der Waals surface area contributed by atoms with Crippen LogP contribution >= 0.6 is 0 Å². The minimum Gasteiger partial charge on any atom is -0.329 e. The quantitative estimate of drug-likeness (QED) is 0.629. The van der Waals surface area contributed by atoms with Crippen molar-refractivity contribution in [3.63, 3.8) is 0 Å². The smallest absolute Gasteiger partial charge is 0.200 e. The predicted molar refractivity (Wildman–Crippen MR) is 98.0 cm³/mol. The van der Waals surface area contributed by atoms with Crippen LogP contribution < -0.4 is 0 Å². The van der Waals surface area contributed by atoms with Crippen LogP contribution in [0.5, 0.6) is 0 Å². The summed E-state index contributed by atoms with van der Waals surface area (Å²) in [5.41, 5.74) is 9.08. The Balaban J connectivity index is 0.000000141. The first-order chi connectivity index (χ1) is 11.6. The molecule has 1 aromatic carbocycles. The van der Waals surface area contributed by atoms with E-state index in [0.29, 0.717) is 0 Å². The first kappa shape index (κ1) is 16.4. The van der Waals surface area contributed by atoms with Crippen molar-refractivity contribution >= 4 is 11.2 Å². The Hall–Kier alpha value is -2.49. The molecule has 4 rings (SSSR count). The average Bonchev–Trinajstić information content (AvgIpc) is 3.01. The van der Waals surface area contributed by atoms with E-state index in [-0.39, 0.29) is 0 Å². The van der Waals surface area contributed by atoms with E-state index in [2.05, 4.69) is 64.8 Å². The number of fused-ring (bicyclic) bond motifs is 2. The molecule has 0 amide bonds. The van der Waals surface area contributed by atoms with Gasteiger partial charge < -0.3 is 4.57 Å². The number of allylic oxidation sites excluding steroid dienone is 2. The molecule has 3 aromatic rings. The number of aromatic nitrogens is 4. The lowest BCUT2D eigenvalue weighted by Crippen LogP contribution is -2.04. The van der Waals surface area contributed by atoms with Crippen molar-refractivity contribution in [1.82, 2.24) is 19.7 Å². The molecule has 0 bridgehead atoms. The second-order valence-corrected chi connectivity index (χ2v) is 6.41. The van der Waals surface area contributed by atoms with Gasteiger partial charge >= 0.3 is 0 Å². The van der Waals surface area contributed by atoms with Crippen molar-refractivity contribution in [3.8, 4) is 0 Å². The molecule has 0 fully saturated rings. The lowest BCUT2D eigenvalue weighted by atomic mass is 9.88. The number of rotatable bonds is 1. The summed E-state index contributed by atoms with van der Waals surface area (Å²) in [6, 6.07) is 8.75. The van der Waals surface area contributed by atoms with E-state index in [1.165, 1.54) is 11.1 Å². The fourth-order valence-electron chi connectivity index (χ4n) is 3.09. The molecule has 0 saturated carbocycles. The van der Waals surface area contributed by atoms with Crippen LogP contribution in [0.4, 0.5) is 0 Å². The third-order valence-electron chi connectivity index (χ3n) is 4.69. The van der Waals surface area contributed by atoms with Crippen molar-refractivity contribution in [2.45, 2.75) is 47.1 Å². The summed E-state index contributed by atoms with van der Waals surface area (Å²) < 4.78 is 2.07. The molecule has 0 spiro atoms. The van der Waals surface area contributed by atoms with Crippen LogP contribution in [0.1, 0.15) is 37.5 Å². The van der Waals surface area contributed by atoms with E-state index in [1.807, 2.05) is 6.92 Å². The standard InChI is InChI=1S/C12H14.C8H10N4/c1-9-7-11-5-3-4-6-12(11)8-10(9)2;1-3-12-5-9-8-7(12)6(2)4-10-11-8/h3-6H,7-8H2,1-2H3;4-5H,3H2,1-2H3. The van der Waals surface area contributed by atoms with Gasteiger partial charge in [0.15, 0.2) is 5.65 Å². The highest BCUT2D eigenvalue weighted by Gasteiger charge is 2.10. The van der Waals surface area contributed by atoms with Gasteiger partial charge in [0.2, 0.25) is 0 Å². The van der Waals surface area contributed by atoms with Crippen molar-refractivity contribution in [2.75, 3.05) is 0 Å². The zero-order chi connectivity index (χ0) is 17.1. The molecule has 0 aliphatic heterocycles. The summed E-state index contributed by atoms with van der Waals surface area (Å²) >= 11 is 0. The van der Waals surface area contributed by atoms with Crippen LogP contribution in [0.15, 0.2) is 47.9 Å². The summed E-state index contributed by atoms with van der Waals surface area (Å²) in [7, 11) is 0. The van der Waals surface area contributed by atoms with Crippen molar-refractivity contribution < 1.29 is 0 Å². The van der Waals surface area contributed by atoms with E-state index in [4.69, 9.17) is 0 Å². The van der Waals surface area contributed by atoms with Crippen LogP contribution in [0.3, 0.4) is 0 Å². The predicted octanol–water partition coefficient (Wildman–Crippen LogP) is 4.28. The van der Waals surface area contributed by atoms with E-state index in [9.17, 15) is 0 Å². The summed E-state index contributed by atoms with van der Waals surface area (Å²) in [5.74, 6) is 0. The molecule has 0 unspecified atom stereocenters. The molecule has 0 saturated heterocycles. The molecular formula is C20H24N4. The summed E-state index contributed by atoms with van der Waals surface area (Å²) in [6.45, 7) is 9.51. The molecule has 124 valence electrons. The van der Waals surface area contributed by atoms with E-state index >= 15 is 0 Å². The van der Waals surface area contributed by atoms with Gasteiger partial charge in [-0.1, -0.05) is 35.4 Å². The Kier molecular flexibility index (Phi) is 4.74. The Bertz CT molecular complexity index is 857. The molecular weight excluding hydrogens is 296 g/mol. The number of imidazole rings is 1. The van der Waals surface area contributed by atoms with Crippen molar-refractivity contribution in [1.29, 1.82) is 0 Å². The van der Waals surface area contributed by atoms with E-state index < -0.39 is 0 Å². The highest BCUT2D eigenvalue weighted by Crippen LogP contribution is 2.24. The number of aryl methyl sites for hydroxylation is 2. The molecule has 2 aromatic heterocycles. The van der Waals surface area contributed by atoms with Gasteiger partial charge in [0.1, 0.15) is 0 Å². The van der Waals surface area contributed by atoms with Gasteiger partial charge in [-0.2, -0.15) is 5.10 Å². The van der Waals surface area contributed by atoms with Gasteiger partial charge in [-0.3, -0.25) is 0 Å². The molecule has 0 atom stereocenters. The van der Waals surface area contributed by atoms with Gasteiger partial charge in [0.05, 0.1) is 18.0 Å². The number of benzene rings is 1. The zero-order valence-corrected chi connectivity index (χ0v) is 14.9. The molecule has 24 heavy (non-hydrogen) atoms. The normalized spacial score (nSPS) is 13.5. The molecule has 0 N–H and O–H groups in total. The van der Waals surface area contributed by atoms with Crippen molar-refractivity contribution in [2.24, 2.45) is 0 Å². The second-order valence-electron chi connectivity index (χ2n) is 6.41. The SMILES string of the molecule is CC1=C(C)Cc2ccccc2C1.CCn1cnc2nncc(C)c21. The monoisotopic (exact) mass is 320 g/mol. The Morgan fingerprint density at radius 2 is 1.62 bits per heavy atom. The molecule has 2 heterocycles. The number of hydrogen-bond acceptors (Lipinski definition) is 3. The maximum absolute atomic E-state index is 4.14. The molecule has 1 aliphatic carbocycles. The first-order valence-electron chi connectivity index (χ1n) is 8.45. The van der Waals surface area contributed by atoms with Crippen LogP contribution in [0.2, 0.25) is 0 Å². The fourth-order valence-corrected chi connectivity index (χ4v) is 3.09. The highest BCUT2D eigenvalue weighted by atomic mass is 15.2. The summed E-state index contributed by atoms with van der Waals surface area (Å²) in [6.07, 6.45) is 5.87. The third-order valence-corrected chi connectivity index (χ3v) is 4.69. The van der Waals surface area contributed by atoms with Crippen LogP contribution in [0, 0.1) is 6.92 Å². The molecule has 4 heteroatoms. The van der Waals surface area contributed by atoms with Gasteiger partial charge in [-0.25, -0.2) is 4.98 Å². The zero-order valence-electron chi connectivity index (χ0n) is 14.9. The van der Waals surface area contributed by atoms with Crippen molar-refractivity contribution in [3.05, 3.63) is 64.6 Å². The van der Waals surface area contributed by atoms with Crippen LogP contribution in [-0.4, -0.2) is 19.7 Å². The van der Waals surface area contributed by atoms with Gasteiger partial charge in [-0.05, 0) is 57.2 Å². The number of hydrogen-bond donors (Lipinski definition) is 0. The molecule has 1 aliphatic rings. The van der Waals surface area contributed by atoms with Gasteiger partial charge in [0, 0.05) is 6.54 Å². The largest absolute Gasteiger partial charge is 0.329 e. The Morgan fingerprint density at radius 3 is 2.21 bits per heavy atom. The topological polar surface area (TPSA) is 43.6 Å². The second kappa shape index (κ2) is 6.95. The van der Waals surface area contributed by atoms with Gasteiger partial charge in [-0.15, -0.1) is 5.10 Å². The van der Waals surface area contributed by atoms with E-state index in [0.717, 1.165) is 36.1 Å². The van der Waals surface area contributed by atoms with Crippen LogP contribution in [0.25, 0.3) is 11.2 Å². The lowest BCUT2D eigenvalue weighted by Gasteiger charge is -2.18. The lowest BCUT2D eigenvalue weighted by molar-refractivity contribution is 0.784. The third kappa shape index (κ3) is 3.23. The molecule has 4 nitrogen and oxygen atoms in total. The van der Waals surface area contributed by atoms with Crippen LogP contribution in [-0.2, 0) is 19.4 Å². The fraction of sp³-hybridized carbons (Fsp3) is 0.350. The highest BCUT2D eigenvalue weighted by molar-refractivity contribution is 5.73. The summed E-state index contributed by atoms with van der Waals surface area (Å²) in [4.78, 5) is 4.14. The minimum absolute atomic E-state index is 0.733. The van der Waals surface area contributed by atoms with Gasteiger partial charge in [0.25, 0.3) is 0 Å². The maximum atomic E-state index is 4.14. The number of nitrogens with zero attached hydrogens (tertiary/aromatic N) is 4. The first-order valence-corrected chi connectivity index (χ1v) is 8.45. The maximum Gasteiger partial charge on any atom is 0.200 e. The Labute approximate surface area is 143 Å². The minimum atomic E-state index is 0.733. The van der Waals surface area contributed by atoms with E-state index in [1.54, 1.807) is 23.7 Å². The molecule has 0 radical (unpaired) electrons. The average molecular weight is 320 g/mol. The Morgan fingerprint density at radius 1 is 1.00 bits per heavy atom. The summed E-state index contributed by atoms with van der Waals surface area (Å²) in [5, 5.41) is 7.76.